The van der Waals surface area contributed by atoms with E-state index in [1.54, 1.807) is 6.92 Å². The van der Waals surface area contributed by atoms with E-state index in [0.717, 1.165) is 0 Å². The van der Waals surface area contributed by atoms with Crippen molar-refractivity contribution in [3.8, 4) is 0 Å². The average molecular weight is 297 g/mol. The molecular weight excluding hydrogens is 286 g/mol. The van der Waals surface area contributed by atoms with Gasteiger partial charge in [0, 0.05) is 11.6 Å². The van der Waals surface area contributed by atoms with Gasteiger partial charge in [-0.1, -0.05) is 18.2 Å². The first-order valence-corrected chi connectivity index (χ1v) is 7.14. The molecule has 0 aliphatic heterocycles. The maximum absolute atomic E-state index is 11.9. The van der Waals surface area contributed by atoms with E-state index >= 15 is 0 Å². The molecule has 2 aromatic rings. The fourth-order valence-corrected chi connectivity index (χ4v) is 2.67. The van der Waals surface area contributed by atoms with Gasteiger partial charge < -0.3 is 0 Å². The predicted molar refractivity (Wildman–Crippen MR) is 70.5 cm³/mol. The van der Waals surface area contributed by atoms with Crippen LogP contribution in [0.5, 0.6) is 0 Å². The van der Waals surface area contributed by atoms with Gasteiger partial charge in [0.05, 0.1) is 4.92 Å². The van der Waals surface area contributed by atoms with Crippen LogP contribution in [0.3, 0.4) is 0 Å². The van der Waals surface area contributed by atoms with Crippen LogP contribution >= 0.6 is 0 Å². The van der Waals surface area contributed by atoms with Crippen LogP contribution in [0.25, 0.3) is 0 Å². The van der Waals surface area contributed by atoms with Crippen LogP contribution in [-0.2, 0) is 15.8 Å². The van der Waals surface area contributed by atoms with Crippen LogP contribution in [0.4, 0.5) is 11.6 Å². The monoisotopic (exact) mass is 297 g/mol. The molecule has 1 aromatic heterocycles. The number of anilines is 1. The minimum atomic E-state index is -3.83. The number of aromatic nitrogens is 3. The van der Waals surface area contributed by atoms with Gasteiger partial charge in [-0.05, 0) is 6.92 Å². The van der Waals surface area contributed by atoms with Crippen LogP contribution in [0.2, 0.25) is 0 Å². The van der Waals surface area contributed by atoms with Crippen molar-refractivity contribution in [2.24, 2.45) is 0 Å². The zero-order chi connectivity index (χ0) is 14.8. The Balaban J connectivity index is 2.22. The molecule has 0 saturated heterocycles. The highest BCUT2D eigenvalue weighted by Gasteiger charge is 2.20. The van der Waals surface area contributed by atoms with E-state index in [1.165, 1.54) is 24.3 Å². The molecule has 1 aromatic carbocycles. The maximum atomic E-state index is 11.9. The molecule has 0 saturated carbocycles. The second kappa shape index (κ2) is 5.25. The van der Waals surface area contributed by atoms with E-state index in [-0.39, 0.29) is 17.2 Å². The van der Waals surface area contributed by atoms with Crippen LogP contribution < -0.4 is 4.72 Å². The average Bonchev–Trinajstić information content (AvgIpc) is 2.73. The number of benzene rings is 1. The van der Waals surface area contributed by atoms with Crippen LogP contribution in [-0.4, -0.2) is 28.5 Å². The number of H-pyrrole nitrogens is 1. The third-order valence-corrected chi connectivity index (χ3v) is 3.56. The van der Waals surface area contributed by atoms with Crippen molar-refractivity contribution < 1.29 is 13.3 Å². The smallest absolute Gasteiger partial charge is 0.261 e. The summed E-state index contributed by atoms with van der Waals surface area (Å²) >= 11 is 0. The normalized spacial score (nSPS) is 11.2. The molecule has 0 bridgehead atoms. The van der Waals surface area contributed by atoms with E-state index in [4.69, 9.17) is 0 Å². The number of nitro groups is 1. The molecule has 0 radical (unpaired) electrons. The Hall–Kier alpha value is -2.49. The molecule has 0 aliphatic carbocycles. The Morgan fingerprint density at radius 3 is 2.70 bits per heavy atom. The minimum absolute atomic E-state index is 0.0947. The summed E-state index contributed by atoms with van der Waals surface area (Å²) in [5, 5.41) is 17.0. The Labute approximate surface area is 114 Å². The molecule has 106 valence electrons. The Kier molecular flexibility index (Phi) is 3.66. The Morgan fingerprint density at radius 2 is 2.10 bits per heavy atom. The summed E-state index contributed by atoms with van der Waals surface area (Å²) in [6.45, 7) is 1.62. The maximum Gasteiger partial charge on any atom is 0.273 e. The molecule has 1 heterocycles. The quantitative estimate of drug-likeness (QED) is 0.624. The van der Waals surface area contributed by atoms with Gasteiger partial charge >= 0.3 is 0 Å². The minimum Gasteiger partial charge on any atom is -0.261 e. The van der Waals surface area contributed by atoms with Gasteiger partial charge in [-0.3, -0.25) is 15.2 Å². The summed E-state index contributed by atoms with van der Waals surface area (Å²) in [6, 6.07) is 5.65. The van der Waals surface area contributed by atoms with Gasteiger partial charge in [0.1, 0.15) is 11.6 Å². The first-order valence-electron chi connectivity index (χ1n) is 5.49. The molecule has 0 unspecified atom stereocenters. The van der Waals surface area contributed by atoms with Crippen molar-refractivity contribution in [3.05, 3.63) is 45.8 Å². The number of nitro benzene ring substituents is 1. The molecule has 0 aliphatic rings. The molecule has 2 N–H and O–H groups in total. The largest absolute Gasteiger partial charge is 0.273 e. The van der Waals surface area contributed by atoms with Gasteiger partial charge in [0.15, 0.2) is 0 Å². The summed E-state index contributed by atoms with van der Waals surface area (Å²) in [4.78, 5) is 14.0. The van der Waals surface area contributed by atoms with Gasteiger partial charge in [0.2, 0.25) is 10.0 Å². The molecule has 0 spiro atoms. The lowest BCUT2D eigenvalue weighted by Gasteiger charge is -2.05. The first kappa shape index (κ1) is 13.9. The SMILES string of the molecule is Cc1nc(NS(=O)(=O)Cc2ccccc2[N+](=O)[O-])n[nH]1. The number of hydrogen-bond donors (Lipinski definition) is 2. The highest BCUT2D eigenvalue weighted by atomic mass is 32.2. The molecule has 2 rings (SSSR count). The highest BCUT2D eigenvalue weighted by Crippen LogP contribution is 2.20. The standard InChI is InChI=1S/C10H11N5O4S/c1-7-11-10(13-12-7)14-20(18,19)6-8-4-2-3-5-9(8)15(16)17/h2-5H,6H2,1H3,(H2,11,12,13,14). The fraction of sp³-hybridized carbons (Fsp3) is 0.200. The number of para-hydroxylation sites is 1. The summed E-state index contributed by atoms with van der Waals surface area (Å²) in [7, 11) is -3.83. The fourth-order valence-electron chi connectivity index (χ4n) is 1.58. The molecular formula is C10H11N5O4S. The Morgan fingerprint density at radius 1 is 1.40 bits per heavy atom. The molecule has 0 atom stereocenters. The van der Waals surface area contributed by atoms with Crippen LogP contribution in [0.15, 0.2) is 24.3 Å². The molecule has 9 nitrogen and oxygen atoms in total. The number of sulfonamides is 1. The summed E-state index contributed by atoms with van der Waals surface area (Å²) in [5.41, 5.74) is -0.152. The van der Waals surface area contributed by atoms with E-state index in [1.807, 2.05) is 0 Å². The second-order valence-electron chi connectivity index (χ2n) is 3.99. The van der Waals surface area contributed by atoms with E-state index in [9.17, 15) is 18.5 Å². The molecule has 0 amide bonds. The lowest BCUT2D eigenvalue weighted by Crippen LogP contribution is -2.16. The van der Waals surface area contributed by atoms with Crippen molar-refractivity contribution >= 4 is 21.7 Å². The van der Waals surface area contributed by atoms with Crippen molar-refractivity contribution in [1.29, 1.82) is 0 Å². The molecule has 20 heavy (non-hydrogen) atoms. The lowest BCUT2D eigenvalue weighted by atomic mass is 10.2. The number of aryl methyl sites for hydroxylation is 1. The van der Waals surface area contributed by atoms with Crippen LogP contribution in [0, 0.1) is 17.0 Å². The highest BCUT2D eigenvalue weighted by molar-refractivity contribution is 7.91. The first-order chi connectivity index (χ1) is 9.37. The lowest BCUT2D eigenvalue weighted by molar-refractivity contribution is -0.385. The van der Waals surface area contributed by atoms with Gasteiger partial charge in [-0.2, -0.15) is 4.98 Å². The van der Waals surface area contributed by atoms with E-state index in [2.05, 4.69) is 19.9 Å². The van der Waals surface area contributed by atoms with Crippen molar-refractivity contribution in [2.75, 3.05) is 4.72 Å². The third kappa shape index (κ3) is 3.29. The van der Waals surface area contributed by atoms with Gasteiger partial charge in [-0.15, -0.1) is 5.10 Å². The molecule has 0 fully saturated rings. The topological polar surface area (TPSA) is 131 Å². The predicted octanol–water partition coefficient (Wildman–Crippen LogP) is 0.963. The van der Waals surface area contributed by atoms with Gasteiger partial charge in [0.25, 0.3) is 11.6 Å². The number of aromatic amines is 1. The number of nitrogens with zero attached hydrogens (tertiary/aromatic N) is 3. The zero-order valence-electron chi connectivity index (χ0n) is 10.4. The summed E-state index contributed by atoms with van der Waals surface area (Å²) < 4.78 is 26.0. The van der Waals surface area contributed by atoms with Crippen molar-refractivity contribution in [1.82, 2.24) is 15.2 Å². The molecule has 10 heteroatoms. The zero-order valence-corrected chi connectivity index (χ0v) is 11.2. The summed E-state index contributed by atoms with van der Waals surface area (Å²) in [5.74, 6) is -0.174. The third-order valence-electron chi connectivity index (χ3n) is 2.38. The van der Waals surface area contributed by atoms with Gasteiger partial charge in [-0.25, -0.2) is 13.1 Å². The number of hydrogen-bond acceptors (Lipinski definition) is 6. The van der Waals surface area contributed by atoms with Crippen LogP contribution in [0.1, 0.15) is 11.4 Å². The number of nitrogens with one attached hydrogen (secondary N) is 2. The summed E-state index contributed by atoms with van der Waals surface area (Å²) in [6.07, 6.45) is 0. The Bertz CT molecular complexity index is 740. The van der Waals surface area contributed by atoms with Crippen molar-refractivity contribution in [3.63, 3.8) is 0 Å². The second-order valence-corrected chi connectivity index (χ2v) is 5.71. The van der Waals surface area contributed by atoms with E-state index in [0.29, 0.717) is 5.82 Å². The number of rotatable bonds is 5. The van der Waals surface area contributed by atoms with Crippen molar-refractivity contribution in [2.45, 2.75) is 12.7 Å². The van der Waals surface area contributed by atoms with E-state index < -0.39 is 20.7 Å².